The van der Waals surface area contributed by atoms with Crippen LogP contribution in [0.5, 0.6) is 0 Å². The highest BCUT2D eigenvalue weighted by Crippen LogP contribution is 2.29. The van der Waals surface area contributed by atoms with Crippen molar-refractivity contribution in [1.29, 1.82) is 0 Å². The number of hydrogen-bond acceptors (Lipinski definition) is 2. The van der Waals surface area contributed by atoms with Crippen LogP contribution in [-0.2, 0) is 11.3 Å². The number of hydrogen-bond donors (Lipinski definition) is 1. The Morgan fingerprint density at radius 1 is 1.14 bits per heavy atom. The molecule has 0 spiro atoms. The van der Waals surface area contributed by atoms with Gasteiger partial charge in [0.1, 0.15) is 6.54 Å². The smallest absolute Gasteiger partial charge is 0.323 e. The molecule has 0 radical (unpaired) electrons. The Morgan fingerprint density at radius 2 is 1.86 bits per heavy atom. The molecule has 0 aliphatic carbocycles. The normalized spacial score (nSPS) is 11.1. The van der Waals surface area contributed by atoms with Gasteiger partial charge in [-0.05, 0) is 24.3 Å². The summed E-state index contributed by atoms with van der Waals surface area (Å²) in [5.74, 6) is -1.02. The third kappa shape index (κ3) is 2.26. The minimum absolute atomic E-state index is 0.216. The second kappa shape index (κ2) is 5.06. The summed E-state index contributed by atoms with van der Waals surface area (Å²) in [6, 6.07) is 9.84. The Bertz CT molecular complexity index is 947. The molecule has 1 aromatic heterocycles. The maximum absolute atomic E-state index is 12.6. The minimum Gasteiger partial charge on any atom is -0.480 e. The molecule has 0 saturated heterocycles. The van der Waals surface area contributed by atoms with Crippen molar-refractivity contribution in [3.05, 3.63) is 56.7 Å². The lowest BCUT2D eigenvalue weighted by molar-refractivity contribution is -0.137. The molecule has 4 nitrogen and oxygen atoms in total. The van der Waals surface area contributed by atoms with E-state index in [1.165, 1.54) is 16.7 Å². The van der Waals surface area contributed by atoms with Gasteiger partial charge in [0, 0.05) is 15.8 Å². The van der Waals surface area contributed by atoms with Crippen LogP contribution in [0.25, 0.3) is 21.8 Å². The first-order chi connectivity index (χ1) is 9.99. The van der Waals surface area contributed by atoms with E-state index in [2.05, 4.69) is 0 Å². The lowest BCUT2D eigenvalue weighted by atomic mass is 10.1. The Balaban J connectivity index is 2.62. The molecule has 0 atom stereocenters. The van der Waals surface area contributed by atoms with E-state index in [0.29, 0.717) is 26.8 Å². The van der Waals surface area contributed by atoms with E-state index >= 15 is 0 Å². The van der Waals surface area contributed by atoms with Gasteiger partial charge in [-0.15, -0.1) is 0 Å². The van der Waals surface area contributed by atoms with E-state index in [0.717, 1.165) is 0 Å². The zero-order valence-corrected chi connectivity index (χ0v) is 12.1. The summed E-state index contributed by atoms with van der Waals surface area (Å²) in [6.45, 7) is -0.293. The summed E-state index contributed by atoms with van der Waals surface area (Å²) in [5.41, 5.74) is 0.695. The lowest BCUT2D eigenvalue weighted by Crippen LogP contribution is -2.16. The fraction of sp³-hybridized carbons (Fsp3) is 0.0667. The summed E-state index contributed by atoms with van der Waals surface area (Å²) in [7, 11) is 0. The number of halogens is 2. The Labute approximate surface area is 129 Å². The highest BCUT2D eigenvalue weighted by Gasteiger charge is 2.15. The number of rotatable bonds is 2. The molecule has 3 rings (SSSR count). The predicted molar refractivity (Wildman–Crippen MR) is 83.4 cm³/mol. The SMILES string of the molecule is O=C(O)Cn1c2ccccc2c(=O)c2cc(Cl)cc(Cl)c21. The van der Waals surface area contributed by atoms with Crippen LogP contribution < -0.4 is 5.43 Å². The molecular formula is C15H9Cl2NO3. The number of carboxylic acids is 1. The third-order valence-corrected chi connectivity index (χ3v) is 3.78. The molecule has 0 bridgehead atoms. The van der Waals surface area contributed by atoms with Crippen molar-refractivity contribution in [1.82, 2.24) is 4.57 Å². The maximum Gasteiger partial charge on any atom is 0.323 e. The van der Waals surface area contributed by atoms with Crippen LogP contribution >= 0.6 is 23.2 Å². The fourth-order valence-electron chi connectivity index (χ4n) is 2.48. The molecule has 1 heterocycles. The van der Waals surface area contributed by atoms with Crippen molar-refractivity contribution >= 4 is 51.0 Å². The van der Waals surface area contributed by atoms with Gasteiger partial charge in [-0.2, -0.15) is 0 Å². The Hall–Kier alpha value is -2.04. The van der Waals surface area contributed by atoms with E-state index in [-0.39, 0.29) is 17.0 Å². The van der Waals surface area contributed by atoms with Gasteiger partial charge in [0.25, 0.3) is 0 Å². The van der Waals surface area contributed by atoms with Crippen LogP contribution in [0.3, 0.4) is 0 Å². The van der Waals surface area contributed by atoms with Gasteiger partial charge in [-0.25, -0.2) is 0 Å². The monoisotopic (exact) mass is 321 g/mol. The van der Waals surface area contributed by atoms with Crippen LogP contribution in [0.1, 0.15) is 0 Å². The van der Waals surface area contributed by atoms with E-state index < -0.39 is 5.97 Å². The van der Waals surface area contributed by atoms with Crippen LogP contribution in [0, 0.1) is 0 Å². The number of benzene rings is 2. The molecule has 1 N–H and O–H groups in total. The Morgan fingerprint density at radius 3 is 2.57 bits per heavy atom. The molecule has 0 aliphatic rings. The van der Waals surface area contributed by atoms with Crippen molar-refractivity contribution < 1.29 is 9.90 Å². The van der Waals surface area contributed by atoms with Gasteiger partial charge in [0.05, 0.1) is 16.1 Å². The number of nitrogens with zero attached hydrogens (tertiary/aromatic N) is 1. The van der Waals surface area contributed by atoms with Crippen molar-refractivity contribution in [2.75, 3.05) is 0 Å². The van der Waals surface area contributed by atoms with Gasteiger partial charge >= 0.3 is 5.97 Å². The zero-order chi connectivity index (χ0) is 15.1. The van der Waals surface area contributed by atoms with Crippen molar-refractivity contribution in [2.45, 2.75) is 6.54 Å². The molecule has 0 unspecified atom stereocenters. The predicted octanol–water partition coefficient (Wildman–Crippen LogP) is 3.55. The first kappa shape index (κ1) is 13.9. The summed E-state index contributed by atoms with van der Waals surface area (Å²) >= 11 is 12.1. The standard InChI is InChI=1S/C15H9Cl2NO3/c16-8-5-10-14(11(17)6-8)18(7-13(19)20)12-4-2-1-3-9(12)15(10)21/h1-6H,7H2,(H,19,20). The minimum atomic E-state index is -1.02. The number of carbonyl (C=O) groups is 1. The van der Waals surface area contributed by atoms with Crippen molar-refractivity contribution in [2.24, 2.45) is 0 Å². The number of aliphatic carboxylic acids is 1. The van der Waals surface area contributed by atoms with Gasteiger partial charge < -0.3 is 9.67 Å². The number of carboxylic acid groups (broad SMARTS) is 1. The largest absolute Gasteiger partial charge is 0.480 e. The van der Waals surface area contributed by atoms with Gasteiger partial charge in [-0.3, -0.25) is 9.59 Å². The Kier molecular flexibility index (Phi) is 3.35. The average molecular weight is 322 g/mol. The molecule has 0 saturated carbocycles. The first-order valence-corrected chi connectivity index (χ1v) is 6.86. The second-order valence-corrected chi connectivity index (χ2v) is 5.45. The van der Waals surface area contributed by atoms with Crippen LogP contribution in [0.4, 0.5) is 0 Å². The highest BCUT2D eigenvalue weighted by atomic mass is 35.5. The van der Waals surface area contributed by atoms with Gasteiger partial charge in [-0.1, -0.05) is 35.3 Å². The molecular weight excluding hydrogens is 313 g/mol. The number of fused-ring (bicyclic) bond motifs is 2. The summed E-state index contributed by atoms with van der Waals surface area (Å²) in [5, 5.41) is 10.5. The third-order valence-electron chi connectivity index (χ3n) is 3.28. The number of para-hydroxylation sites is 1. The molecule has 0 fully saturated rings. The average Bonchev–Trinajstić information content (AvgIpc) is 2.43. The fourth-order valence-corrected chi connectivity index (χ4v) is 3.07. The maximum atomic E-state index is 12.6. The zero-order valence-electron chi connectivity index (χ0n) is 10.6. The number of pyridine rings is 1. The van der Waals surface area contributed by atoms with E-state index in [1.54, 1.807) is 24.3 Å². The van der Waals surface area contributed by atoms with E-state index in [1.807, 2.05) is 0 Å². The van der Waals surface area contributed by atoms with E-state index in [9.17, 15) is 9.59 Å². The molecule has 0 amide bonds. The van der Waals surface area contributed by atoms with Gasteiger partial charge in [0.2, 0.25) is 0 Å². The van der Waals surface area contributed by atoms with Gasteiger partial charge in [0.15, 0.2) is 5.43 Å². The first-order valence-electron chi connectivity index (χ1n) is 6.11. The summed E-state index contributed by atoms with van der Waals surface area (Å²) in [6.07, 6.45) is 0. The second-order valence-electron chi connectivity index (χ2n) is 4.61. The molecule has 0 aliphatic heterocycles. The molecule has 2 aromatic carbocycles. The molecule has 3 aromatic rings. The molecule has 21 heavy (non-hydrogen) atoms. The highest BCUT2D eigenvalue weighted by molar-refractivity contribution is 6.38. The van der Waals surface area contributed by atoms with Crippen LogP contribution in [0.2, 0.25) is 10.0 Å². The quantitative estimate of drug-likeness (QED) is 0.734. The van der Waals surface area contributed by atoms with Crippen LogP contribution in [-0.4, -0.2) is 15.6 Å². The molecule has 6 heteroatoms. The van der Waals surface area contributed by atoms with Crippen molar-refractivity contribution in [3.63, 3.8) is 0 Å². The van der Waals surface area contributed by atoms with Crippen molar-refractivity contribution in [3.8, 4) is 0 Å². The van der Waals surface area contributed by atoms with Crippen LogP contribution in [0.15, 0.2) is 41.2 Å². The molecule has 106 valence electrons. The number of aromatic nitrogens is 1. The van der Waals surface area contributed by atoms with E-state index in [4.69, 9.17) is 28.3 Å². The summed E-state index contributed by atoms with van der Waals surface area (Å²) < 4.78 is 1.52. The summed E-state index contributed by atoms with van der Waals surface area (Å²) in [4.78, 5) is 23.7. The lowest BCUT2D eigenvalue weighted by Gasteiger charge is -2.14. The topological polar surface area (TPSA) is 59.3 Å².